The third-order valence-corrected chi connectivity index (χ3v) is 2.04. The van der Waals surface area contributed by atoms with Crippen molar-refractivity contribution in [2.45, 2.75) is 25.8 Å². The highest BCUT2D eigenvalue weighted by atomic mass is 16.4. The van der Waals surface area contributed by atoms with Crippen molar-refractivity contribution in [1.29, 1.82) is 0 Å². The molecule has 3 N–H and O–H groups in total. The van der Waals surface area contributed by atoms with E-state index in [0.29, 0.717) is 13.0 Å². The molecule has 18 heavy (non-hydrogen) atoms. The monoisotopic (exact) mass is 256 g/mol. The molecule has 1 atom stereocenters. The van der Waals surface area contributed by atoms with Gasteiger partial charge < -0.3 is 20.4 Å². The van der Waals surface area contributed by atoms with Gasteiger partial charge in [-0.2, -0.15) is 0 Å². The minimum atomic E-state index is -1.47. The molecule has 0 rings (SSSR count). The van der Waals surface area contributed by atoms with Crippen LogP contribution >= 0.6 is 0 Å². The number of carboxylic acids is 2. The molecule has 0 aliphatic carbocycles. The second kappa shape index (κ2) is 7.95. The van der Waals surface area contributed by atoms with Crippen molar-refractivity contribution in [3.8, 4) is 12.3 Å². The number of carboxylic acid groups (broad SMARTS) is 2. The van der Waals surface area contributed by atoms with E-state index in [1.807, 2.05) is 6.92 Å². The summed E-state index contributed by atoms with van der Waals surface area (Å²) in [5, 5.41) is 19.4. The highest BCUT2D eigenvalue weighted by Crippen LogP contribution is 1.97. The van der Waals surface area contributed by atoms with Gasteiger partial charge >= 0.3 is 18.0 Å². The lowest BCUT2D eigenvalue weighted by Gasteiger charge is -2.22. The van der Waals surface area contributed by atoms with Gasteiger partial charge in [0.2, 0.25) is 0 Å². The van der Waals surface area contributed by atoms with Crippen molar-refractivity contribution in [2.75, 3.05) is 13.1 Å². The van der Waals surface area contributed by atoms with Gasteiger partial charge in [-0.1, -0.05) is 12.8 Å². The van der Waals surface area contributed by atoms with E-state index in [2.05, 4.69) is 11.2 Å². The summed E-state index contributed by atoms with van der Waals surface area (Å²) < 4.78 is 0. The molecule has 0 saturated carbocycles. The largest absolute Gasteiger partial charge is 0.481 e. The molecule has 2 amide bonds. The third-order valence-electron chi connectivity index (χ3n) is 2.04. The molecule has 0 aliphatic rings. The molecule has 0 fully saturated rings. The molecular weight excluding hydrogens is 240 g/mol. The normalized spacial score (nSPS) is 11.1. The molecule has 0 aromatic rings. The summed E-state index contributed by atoms with van der Waals surface area (Å²) in [5.41, 5.74) is 0. The maximum absolute atomic E-state index is 11.7. The van der Waals surface area contributed by atoms with Crippen LogP contribution in [0.15, 0.2) is 0 Å². The van der Waals surface area contributed by atoms with Crippen molar-refractivity contribution in [2.24, 2.45) is 0 Å². The Morgan fingerprint density at radius 1 is 1.39 bits per heavy atom. The number of aliphatic carboxylic acids is 2. The number of nitrogens with one attached hydrogen (secondary N) is 1. The van der Waals surface area contributed by atoms with Gasteiger partial charge in [-0.25, -0.2) is 9.59 Å². The highest BCUT2D eigenvalue weighted by molar-refractivity contribution is 5.86. The summed E-state index contributed by atoms with van der Waals surface area (Å²) in [5.74, 6) is -0.426. The van der Waals surface area contributed by atoms with Crippen LogP contribution in [0.3, 0.4) is 0 Å². The first-order chi connectivity index (χ1) is 8.42. The number of carbonyl (C=O) groups is 3. The fourth-order valence-electron chi connectivity index (χ4n) is 1.25. The molecule has 0 bridgehead atoms. The zero-order valence-corrected chi connectivity index (χ0v) is 10.0. The highest BCUT2D eigenvalue weighted by Gasteiger charge is 2.24. The second-order valence-electron chi connectivity index (χ2n) is 3.56. The molecule has 0 aliphatic heterocycles. The molecule has 0 unspecified atom stereocenters. The Kier molecular flexibility index (Phi) is 6.96. The fraction of sp³-hybridized carbons (Fsp3) is 0.545. The number of rotatable bonds is 7. The van der Waals surface area contributed by atoms with Gasteiger partial charge in [0.25, 0.3) is 0 Å². The van der Waals surface area contributed by atoms with Crippen LogP contribution in [0.2, 0.25) is 0 Å². The summed E-state index contributed by atoms with van der Waals surface area (Å²) in [4.78, 5) is 34.2. The number of amides is 2. The minimum Gasteiger partial charge on any atom is -0.481 e. The standard InChI is InChI=1S/C11H16N2O5/c1-3-5-13(6-4-2)11(18)12-8(10(16)17)7-9(14)15/h1,8H,4-7H2,2H3,(H,12,18)(H,14,15)(H,16,17)/t8-/m0/s1. The molecule has 0 saturated heterocycles. The van der Waals surface area contributed by atoms with Crippen LogP contribution in [-0.2, 0) is 9.59 Å². The van der Waals surface area contributed by atoms with E-state index in [1.165, 1.54) is 4.90 Å². The van der Waals surface area contributed by atoms with Crippen LogP contribution in [-0.4, -0.2) is 52.2 Å². The van der Waals surface area contributed by atoms with Gasteiger partial charge in [-0.3, -0.25) is 4.79 Å². The number of hydrogen-bond acceptors (Lipinski definition) is 3. The number of carbonyl (C=O) groups excluding carboxylic acids is 1. The predicted molar refractivity (Wildman–Crippen MR) is 62.9 cm³/mol. The van der Waals surface area contributed by atoms with Gasteiger partial charge in [0, 0.05) is 6.54 Å². The van der Waals surface area contributed by atoms with Crippen molar-refractivity contribution in [3.05, 3.63) is 0 Å². The summed E-state index contributed by atoms with van der Waals surface area (Å²) >= 11 is 0. The van der Waals surface area contributed by atoms with Gasteiger partial charge in [0.1, 0.15) is 6.04 Å². The Hall–Kier alpha value is -2.23. The first-order valence-corrected chi connectivity index (χ1v) is 5.35. The first-order valence-electron chi connectivity index (χ1n) is 5.35. The van der Waals surface area contributed by atoms with Crippen LogP contribution in [0.25, 0.3) is 0 Å². The van der Waals surface area contributed by atoms with Crippen molar-refractivity contribution in [3.63, 3.8) is 0 Å². The molecule has 100 valence electrons. The lowest BCUT2D eigenvalue weighted by Crippen LogP contribution is -2.49. The fourth-order valence-corrected chi connectivity index (χ4v) is 1.25. The summed E-state index contributed by atoms with van der Waals surface area (Å²) in [7, 11) is 0. The molecule has 0 spiro atoms. The zero-order valence-electron chi connectivity index (χ0n) is 10.0. The number of urea groups is 1. The van der Waals surface area contributed by atoms with Gasteiger partial charge in [-0.15, -0.1) is 6.42 Å². The SMILES string of the molecule is C#CCN(CCC)C(=O)N[C@@H](CC(=O)O)C(=O)O. The summed E-state index contributed by atoms with van der Waals surface area (Å²) in [6.45, 7) is 2.25. The van der Waals surface area contributed by atoms with Gasteiger partial charge in [-0.05, 0) is 6.42 Å². The van der Waals surface area contributed by atoms with E-state index in [-0.39, 0.29) is 6.54 Å². The number of hydrogen-bond donors (Lipinski definition) is 3. The Morgan fingerprint density at radius 2 is 2.00 bits per heavy atom. The van der Waals surface area contributed by atoms with Crippen LogP contribution in [0.4, 0.5) is 4.79 Å². The Bertz CT molecular complexity index is 361. The lowest BCUT2D eigenvalue weighted by molar-refractivity contribution is -0.145. The Labute approximate surface area is 105 Å². The maximum Gasteiger partial charge on any atom is 0.326 e. The number of terminal acetylenes is 1. The first kappa shape index (κ1) is 15.8. The zero-order chi connectivity index (χ0) is 14.1. The molecule has 7 heteroatoms. The number of nitrogens with zero attached hydrogens (tertiary/aromatic N) is 1. The van der Waals surface area contributed by atoms with Gasteiger partial charge in [0.05, 0.1) is 13.0 Å². The molecule has 0 radical (unpaired) electrons. The molecule has 0 aromatic heterocycles. The van der Waals surface area contributed by atoms with Crippen molar-refractivity contribution < 1.29 is 24.6 Å². The van der Waals surface area contributed by atoms with E-state index >= 15 is 0 Å². The Balaban J connectivity index is 4.60. The van der Waals surface area contributed by atoms with E-state index < -0.39 is 30.4 Å². The van der Waals surface area contributed by atoms with E-state index in [0.717, 1.165) is 0 Å². The lowest BCUT2D eigenvalue weighted by atomic mass is 10.2. The van der Waals surface area contributed by atoms with Crippen molar-refractivity contribution in [1.82, 2.24) is 10.2 Å². The van der Waals surface area contributed by atoms with E-state index in [9.17, 15) is 14.4 Å². The van der Waals surface area contributed by atoms with Crippen molar-refractivity contribution >= 4 is 18.0 Å². The maximum atomic E-state index is 11.7. The smallest absolute Gasteiger partial charge is 0.326 e. The Morgan fingerprint density at radius 3 is 2.39 bits per heavy atom. The molecule has 0 heterocycles. The molecular formula is C11H16N2O5. The third kappa shape index (κ3) is 5.75. The molecule has 0 aromatic carbocycles. The van der Waals surface area contributed by atoms with Crippen LogP contribution < -0.4 is 5.32 Å². The van der Waals surface area contributed by atoms with Crippen LogP contribution in [0, 0.1) is 12.3 Å². The summed E-state index contributed by atoms with van der Waals surface area (Å²) in [6, 6.07) is -2.14. The molecule has 7 nitrogen and oxygen atoms in total. The average Bonchev–Trinajstić information content (AvgIpc) is 2.27. The quantitative estimate of drug-likeness (QED) is 0.554. The van der Waals surface area contributed by atoms with Gasteiger partial charge in [0.15, 0.2) is 0 Å². The van der Waals surface area contributed by atoms with E-state index in [1.54, 1.807) is 0 Å². The van der Waals surface area contributed by atoms with Crippen LogP contribution in [0.5, 0.6) is 0 Å². The minimum absolute atomic E-state index is 0.0408. The second-order valence-corrected chi connectivity index (χ2v) is 3.56. The predicted octanol–water partition coefficient (Wildman–Crippen LogP) is -0.0309. The average molecular weight is 256 g/mol. The summed E-state index contributed by atoms with van der Waals surface area (Å²) in [6.07, 6.45) is 5.06. The topological polar surface area (TPSA) is 107 Å². The van der Waals surface area contributed by atoms with E-state index in [4.69, 9.17) is 16.6 Å². The van der Waals surface area contributed by atoms with Crippen LogP contribution in [0.1, 0.15) is 19.8 Å².